The highest BCUT2D eigenvalue weighted by atomic mass is 19.1. The fraction of sp³-hybridized carbons (Fsp3) is 0.448. The van der Waals surface area contributed by atoms with Gasteiger partial charge in [0.05, 0.1) is 29.7 Å². The van der Waals surface area contributed by atoms with Crippen molar-refractivity contribution in [3.8, 4) is 0 Å². The van der Waals surface area contributed by atoms with E-state index in [-0.39, 0.29) is 23.7 Å². The van der Waals surface area contributed by atoms with Gasteiger partial charge in [0.2, 0.25) is 0 Å². The van der Waals surface area contributed by atoms with Crippen molar-refractivity contribution < 1.29 is 19.1 Å². The third-order valence-electron chi connectivity index (χ3n) is 7.66. The summed E-state index contributed by atoms with van der Waals surface area (Å²) in [5.74, 6) is -0.474. The van der Waals surface area contributed by atoms with Crippen molar-refractivity contribution in [2.75, 3.05) is 36.0 Å². The Hall–Kier alpha value is -3.95. The molecule has 0 bridgehead atoms. The van der Waals surface area contributed by atoms with Crippen LogP contribution in [-0.2, 0) is 23.3 Å². The minimum Gasteiger partial charge on any atom is -0.481 e. The predicted molar refractivity (Wildman–Crippen MR) is 147 cm³/mol. The summed E-state index contributed by atoms with van der Waals surface area (Å²) in [6.07, 6.45) is 1.53. The predicted octanol–water partition coefficient (Wildman–Crippen LogP) is 3.85. The molecular formula is C29H35FN6O3. The first-order valence-electron chi connectivity index (χ1n) is 13.2. The Kier molecular flexibility index (Phi) is 6.60. The highest BCUT2D eigenvalue weighted by molar-refractivity contribution is 5.93. The molecule has 206 valence electrons. The van der Waals surface area contributed by atoms with Crippen LogP contribution in [0.4, 0.5) is 15.9 Å². The normalized spacial score (nSPS) is 18.2. The van der Waals surface area contributed by atoms with Crippen LogP contribution in [-0.4, -0.2) is 68.4 Å². The number of hydrogen-bond donors (Lipinski definition) is 1. The molecule has 1 fully saturated rings. The van der Waals surface area contributed by atoms with Gasteiger partial charge in [0.15, 0.2) is 5.69 Å². The molecule has 0 aliphatic carbocycles. The number of rotatable bonds is 5. The van der Waals surface area contributed by atoms with Gasteiger partial charge in [0.25, 0.3) is 5.91 Å². The second kappa shape index (κ2) is 9.66. The number of carbonyl (C=O) groups excluding carboxylic acids is 1. The number of anilines is 2. The maximum absolute atomic E-state index is 14.3. The van der Waals surface area contributed by atoms with Gasteiger partial charge in [-0.15, -0.1) is 0 Å². The van der Waals surface area contributed by atoms with Crippen molar-refractivity contribution in [3.63, 3.8) is 0 Å². The number of fused-ring (bicyclic) bond motifs is 1. The molecule has 0 radical (unpaired) electrons. The number of amides is 1. The zero-order valence-electron chi connectivity index (χ0n) is 23.1. The van der Waals surface area contributed by atoms with E-state index >= 15 is 0 Å². The number of pyridine rings is 1. The van der Waals surface area contributed by atoms with Gasteiger partial charge in [0.1, 0.15) is 11.6 Å². The Morgan fingerprint density at radius 2 is 1.74 bits per heavy atom. The summed E-state index contributed by atoms with van der Waals surface area (Å²) in [5, 5.41) is 13.8. The van der Waals surface area contributed by atoms with Crippen LogP contribution >= 0.6 is 0 Å². The lowest BCUT2D eigenvalue weighted by Gasteiger charge is -2.47. The molecule has 0 spiro atoms. The lowest BCUT2D eigenvalue weighted by atomic mass is 9.98. The minimum atomic E-state index is -0.890. The lowest BCUT2D eigenvalue weighted by molar-refractivity contribution is -0.136. The van der Waals surface area contributed by atoms with Crippen molar-refractivity contribution in [3.05, 3.63) is 70.9 Å². The second-order valence-electron chi connectivity index (χ2n) is 11.8. The van der Waals surface area contributed by atoms with Crippen LogP contribution in [0.1, 0.15) is 55.0 Å². The molecule has 9 nitrogen and oxygen atoms in total. The van der Waals surface area contributed by atoms with Crippen molar-refractivity contribution >= 4 is 23.4 Å². The second-order valence-corrected chi connectivity index (χ2v) is 11.8. The van der Waals surface area contributed by atoms with Crippen LogP contribution in [0.2, 0.25) is 0 Å². The SMILES string of the molecule is Cc1ccc(N2Cc3cc(C(=O)N4CCN(c5ccc(CC(=O)O)cn5)CC4(C)C)nn3C(C)(C)C2)cc1F. The highest BCUT2D eigenvalue weighted by Crippen LogP contribution is 2.32. The fourth-order valence-corrected chi connectivity index (χ4v) is 5.66. The van der Waals surface area contributed by atoms with Gasteiger partial charge in [-0.05, 0) is 70.0 Å². The van der Waals surface area contributed by atoms with Crippen LogP contribution in [0.3, 0.4) is 0 Å². The van der Waals surface area contributed by atoms with Gasteiger partial charge in [-0.3, -0.25) is 14.3 Å². The summed E-state index contributed by atoms with van der Waals surface area (Å²) in [5.41, 5.74) is 2.53. The maximum Gasteiger partial charge on any atom is 0.307 e. The van der Waals surface area contributed by atoms with E-state index in [2.05, 4.69) is 28.6 Å². The van der Waals surface area contributed by atoms with Crippen LogP contribution in [0.15, 0.2) is 42.6 Å². The molecule has 1 saturated heterocycles. The van der Waals surface area contributed by atoms with Gasteiger partial charge in [-0.2, -0.15) is 5.10 Å². The summed E-state index contributed by atoms with van der Waals surface area (Å²) in [4.78, 5) is 35.3. The molecule has 5 rings (SSSR count). The number of hydrogen-bond acceptors (Lipinski definition) is 6. The first kappa shape index (κ1) is 26.6. The number of piperazine rings is 1. The molecule has 0 saturated carbocycles. The molecule has 4 heterocycles. The molecule has 0 atom stereocenters. The zero-order chi connectivity index (χ0) is 28.1. The Morgan fingerprint density at radius 3 is 2.38 bits per heavy atom. The van der Waals surface area contributed by atoms with Crippen LogP contribution < -0.4 is 9.80 Å². The summed E-state index contributed by atoms with van der Waals surface area (Å²) in [6.45, 7) is 12.8. The van der Waals surface area contributed by atoms with Crippen molar-refractivity contribution in [1.29, 1.82) is 0 Å². The Bertz CT molecular complexity index is 1410. The fourth-order valence-electron chi connectivity index (χ4n) is 5.66. The number of aliphatic carboxylic acids is 1. The zero-order valence-corrected chi connectivity index (χ0v) is 23.1. The Morgan fingerprint density at radius 1 is 1.00 bits per heavy atom. The molecule has 0 unspecified atom stereocenters. The van der Waals surface area contributed by atoms with Gasteiger partial charge in [0, 0.05) is 38.1 Å². The summed E-state index contributed by atoms with van der Waals surface area (Å²) >= 11 is 0. The molecule has 1 aromatic carbocycles. The Balaban J connectivity index is 1.33. The molecule has 1 amide bonds. The number of benzene rings is 1. The summed E-state index contributed by atoms with van der Waals surface area (Å²) in [6, 6.07) is 10.8. The van der Waals surface area contributed by atoms with E-state index in [1.807, 2.05) is 41.6 Å². The topological polar surface area (TPSA) is 94.8 Å². The van der Waals surface area contributed by atoms with Crippen molar-refractivity contribution in [2.45, 2.75) is 58.7 Å². The third-order valence-corrected chi connectivity index (χ3v) is 7.66. The maximum atomic E-state index is 14.3. The largest absolute Gasteiger partial charge is 0.481 e. The lowest BCUT2D eigenvalue weighted by Crippen LogP contribution is -2.61. The monoisotopic (exact) mass is 534 g/mol. The van der Waals surface area contributed by atoms with Gasteiger partial charge in [-0.25, -0.2) is 9.37 Å². The van der Waals surface area contributed by atoms with E-state index in [0.717, 1.165) is 17.2 Å². The Labute approximate surface area is 227 Å². The number of aryl methyl sites for hydroxylation is 1. The van der Waals surface area contributed by atoms with E-state index in [4.69, 9.17) is 10.2 Å². The van der Waals surface area contributed by atoms with E-state index < -0.39 is 11.5 Å². The van der Waals surface area contributed by atoms with E-state index in [1.54, 1.807) is 31.3 Å². The smallest absolute Gasteiger partial charge is 0.307 e. The minimum absolute atomic E-state index is 0.0633. The van der Waals surface area contributed by atoms with Gasteiger partial charge in [-0.1, -0.05) is 12.1 Å². The van der Waals surface area contributed by atoms with E-state index in [9.17, 15) is 14.0 Å². The number of nitrogens with zero attached hydrogens (tertiary/aromatic N) is 6. The van der Waals surface area contributed by atoms with Crippen LogP contribution in [0.25, 0.3) is 0 Å². The van der Waals surface area contributed by atoms with E-state index in [0.29, 0.717) is 49.5 Å². The van der Waals surface area contributed by atoms with E-state index in [1.165, 1.54) is 0 Å². The molecule has 2 aromatic heterocycles. The number of aromatic nitrogens is 3. The summed E-state index contributed by atoms with van der Waals surface area (Å²) in [7, 11) is 0. The molecule has 1 N–H and O–H groups in total. The van der Waals surface area contributed by atoms with Gasteiger partial charge < -0.3 is 19.8 Å². The first-order chi connectivity index (χ1) is 18.3. The number of halogens is 1. The van der Waals surface area contributed by atoms with Crippen molar-refractivity contribution in [1.82, 2.24) is 19.7 Å². The molecule has 10 heteroatoms. The molecular weight excluding hydrogens is 499 g/mol. The quantitative estimate of drug-likeness (QED) is 0.531. The highest BCUT2D eigenvalue weighted by Gasteiger charge is 2.40. The molecule has 3 aromatic rings. The standard InChI is InChI=1S/C29H35FN6O3/c1-19-6-8-21(13-23(19)30)34-16-22-14-24(32-36(22)29(4,5)18-34)27(39)35-11-10-33(17-28(35,2)3)25-9-7-20(15-31-25)12-26(37)38/h6-9,13-15H,10-12,16-18H2,1-5H3,(H,37,38). The molecule has 2 aliphatic rings. The van der Waals surface area contributed by atoms with Crippen LogP contribution in [0, 0.1) is 12.7 Å². The molecule has 39 heavy (non-hydrogen) atoms. The number of carboxylic acid groups (broad SMARTS) is 1. The number of carbonyl (C=O) groups is 2. The van der Waals surface area contributed by atoms with Crippen LogP contribution in [0.5, 0.6) is 0 Å². The van der Waals surface area contributed by atoms with Gasteiger partial charge >= 0.3 is 5.97 Å². The average molecular weight is 535 g/mol. The third kappa shape index (κ3) is 5.20. The van der Waals surface area contributed by atoms with Crippen molar-refractivity contribution in [2.24, 2.45) is 0 Å². The number of carboxylic acids is 1. The first-order valence-corrected chi connectivity index (χ1v) is 13.2. The summed E-state index contributed by atoms with van der Waals surface area (Å²) < 4.78 is 16.2. The molecule has 2 aliphatic heterocycles. The average Bonchev–Trinajstić information content (AvgIpc) is 3.30.